The molecule has 0 radical (unpaired) electrons. The molecule has 0 aromatic carbocycles. The topological polar surface area (TPSA) is 27.7 Å². The Morgan fingerprint density at radius 1 is 0.875 bits per heavy atom. The summed E-state index contributed by atoms with van der Waals surface area (Å²) in [4.78, 5) is 0. The van der Waals surface area contributed by atoms with Crippen LogP contribution in [0, 0.1) is 0 Å². The van der Waals surface area contributed by atoms with E-state index in [-0.39, 0.29) is 6.48 Å². The Balaban J connectivity index is 3.87. The molecule has 94 valence electrons. The molecule has 0 fully saturated rings. The Kier molecular flexibility index (Phi) is 10.2. The minimum Gasteiger partial charge on any atom is -0.380 e. The molecular formula is C10H24O3Si3. The third-order valence-corrected chi connectivity index (χ3v) is 5.25. The van der Waals surface area contributed by atoms with E-state index in [1.807, 2.05) is 0 Å². The first-order valence-corrected chi connectivity index (χ1v) is 10.5. The molecular weight excluding hydrogens is 252 g/mol. The van der Waals surface area contributed by atoms with Gasteiger partial charge in [0.1, 0.15) is 0 Å². The van der Waals surface area contributed by atoms with Crippen LogP contribution < -0.4 is 0 Å². The maximum atomic E-state index is 5.63. The molecule has 0 spiro atoms. The molecule has 3 nitrogen and oxygen atoms in total. The van der Waals surface area contributed by atoms with Gasteiger partial charge in [0.25, 0.3) is 0 Å². The molecule has 0 heterocycles. The van der Waals surface area contributed by atoms with Crippen molar-refractivity contribution in [1.29, 1.82) is 0 Å². The Morgan fingerprint density at radius 2 is 1.31 bits per heavy atom. The lowest BCUT2D eigenvalue weighted by molar-refractivity contribution is -0.138. The van der Waals surface area contributed by atoms with Crippen LogP contribution in [0.1, 0.15) is 27.7 Å². The lowest BCUT2D eigenvalue weighted by Crippen LogP contribution is -2.25. The van der Waals surface area contributed by atoms with Gasteiger partial charge in [-0.15, -0.1) is 0 Å². The molecule has 6 heteroatoms. The lowest BCUT2D eigenvalue weighted by Gasteiger charge is -2.17. The molecule has 0 rings (SSSR count). The number of rotatable bonds is 8. The second-order valence-corrected chi connectivity index (χ2v) is 7.03. The molecule has 0 aliphatic carbocycles. The maximum Gasteiger partial charge on any atom is 0.242 e. The number of allylic oxidation sites excluding steroid dienone is 2. The van der Waals surface area contributed by atoms with E-state index in [4.69, 9.17) is 13.3 Å². The van der Waals surface area contributed by atoms with Gasteiger partial charge in [0, 0.05) is 0 Å². The van der Waals surface area contributed by atoms with E-state index >= 15 is 0 Å². The van der Waals surface area contributed by atoms with E-state index in [2.05, 4.69) is 45.6 Å². The van der Waals surface area contributed by atoms with E-state index < -0.39 is 29.3 Å². The summed E-state index contributed by atoms with van der Waals surface area (Å²) in [5.74, 6) is 0. The molecule has 0 amide bonds. The summed E-state index contributed by atoms with van der Waals surface area (Å²) in [6.45, 7) is 10.0. The van der Waals surface area contributed by atoms with Gasteiger partial charge in [-0.1, -0.05) is 29.1 Å². The minimum absolute atomic E-state index is 0.388. The zero-order valence-corrected chi connectivity index (χ0v) is 15.3. The lowest BCUT2D eigenvalue weighted by atomic mass is 10.4. The Hall–Kier alpha value is 0.0106. The van der Waals surface area contributed by atoms with Gasteiger partial charge < -0.3 is 13.3 Å². The first-order valence-electron chi connectivity index (χ1n) is 5.67. The SMILES string of the molecule is C[SiH2]OC(O[SiH2]C=C(C)C)O[SiH2]C=C(C)C. The first kappa shape index (κ1) is 16.0. The number of hydrogen-bond donors (Lipinski definition) is 0. The first-order chi connectivity index (χ1) is 7.56. The van der Waals surface area contributed by atoms with E-state index in [1.54, 1.807) is 0 Å². The van der Waals surface area contributed by atoms with Crippen LogP contribution in [0.5, 0.6) is 0 Å². The van der Waals surface area contributed by atoms with Crippen molar-refractivity contribution in [1.82, 2.24) is 0 Å². The third kappa shape index (κ3) is 10.5. The van der Waals surface area contributed by atoms with Crippen LogP contribution >= 0.6 is 0 Å². The van der Waals surface area contributed by atoms with Gasteiger partial charge in [-0.25, -0.2) is 0 Å². The minimum atomic E-state index is -0.640. The zero-order chi connectivity index (χ0) is 12.4. The van der Waals surface area contributed by atoms with Crippen LogP contribution in [-0.2, 0) is 13.3 Å². The second-order valence-electron chi connectivity index (χ2n) is 3.97. The molecule has 0 aliphatic rings. The predicted molar refractivity (Wildman–Crippen MR) is 77.4 cm³/mol. The Bertz CT molecular complexity index is 211. The van der Waals surface area contributed by atoms with Crippen molar-refractivity contribution in [2.45, 2.75) is 40.7 Å². The highest BCUT2D eigenvalue weighted by molar-refractivity contribution is 6.36. The van der Waals surface area contributed by atoms with Crippen molar-refractivity contribution in [3.05, 3.63) is 22.5 Å². The van der Waals surface area contributed by atoms with Crippen LogP contribution in [0.25, 0.3) is 0 Å². The van der Waals surface area contributed by atoms with Gasteiger partial charge in [0.05, 0.1) is 0 Å². The van der Waals surface area contributed by atoms with E-state index in [9.17, 15) is 0 Å². The van der Waals surface area contributed by atoms with Crippen LogP contribution in [-0.4, -0.2) is 35.8 Å². The largest absolute Gasteiger partial charge is 0.380 e. The van der Waals surface area contributed by atoms with E-state index in [0.717, 1.165) is 0 Å². The van der Waals surface area contributed by atoms with Crippen LogP contribution in [0.3, 0.4) is 0 Å². The van der Waals surface area contributed by atoms with Crippen LogP contribution in [0.4, 0.5) is 0 Å². The fourth-order valence-electron chi connectivity index (χ4n) is 0.867. The highest BCUT2D eigenvalue weighted by atomic mass is 28.2. The summed E-state index contributed by atoms with van der Waals surface area (Å²) in [7, 11) is -1.75. The summed E-state index contributed by atoms with van der Waals surface area (Å²) in [6, 6.07) is 0. The standard InChI is InChI=1S/C10H24O3Si3/c1-8(2)6-15-12-10(11-14-5)13-16-7-9(3)4/h6-7,10H,14-16H2,1-5H3. The van der Waals surface area contributed by atoms with Gasteiger partial charge >= 0.3 is 0 Å². The highest BCUT2D eigenvalue weighted by Crippen LogP contribution is 1.98. The zero-order valence-electron chi connectivity index (χ0n) is 11.1. The monoisotopic (exact) mass is 276 g/mol. The predicted octanol–water partition coefficient (Wildman–Crippen LogP) is 0.467. The molecule has 0 saturated carbocycles. The van der Waals surface area contributed by atoms with Crippen LogP contribution in [0.15, 0.2) is 22.5 Å². The van der Waals surface area contributed by atoms with Gasteiger partial charge in [0.15, 0.2) is 29.3 Å². The average Bonchev–Trinajstić information content (AvgIpc) is 2.16. The molecule has 0 aromatic rings. The molecule has 0 aromatic heterocycles. The van der Waals surface area contributed by atoms with Crippen molar-refractivity contribution in [3.63, 3.8) is 0 Å². The third-order valence-electron chi connectivity index (χ3n) is 1.75. The second kappa shape index (κ2) is 10.2. The molecule has 0 atom stereocenters. The smallest absolute Gasteiger partial charge is 0.242 e. The molecule has 16 heavy (non-hydrogen) atoms. The van der Waals surface area contributed by atoms with Gasteiger partial charge in [-0.05, 0) is 27.7 Å². The van der Waals surface area contributed by atoms with Crippen LogP contribution in [0.2, 0.25) is 6.55 Å². The average molecular weight is 277 g/mol. The van der Waals surface area contributed by atoms with Crippen molar-refractivity contribution < 1.29 is 13.3 Å². The van der Waals surface area contributed by atoms with E-state index in [0.29, 0.717) is 0 Å². The summed E-state index contributed by atoms with van der Waals surface area (Å²) >= 11 is 0. The fraction of sp³-hybridized carbons (Fsp3) is 0.600. The quantitative estimate of drug-likeness (QED) is 0.476. The van der Waals surface area contributed by atoms with Gasteiger partial charge in [0.2, 0.25) is 6.48 Å². The highest BCUT2D eigenvalue weighted by Gasteiger charge is 2.06. The molecule has 0 saturated heterocycles. The summed E-state index contributed by atoms with van der Waals surface area (Å²) < 4.78 is 16.8. The molecule has 0 aliphatic heterocycles. The van der Waals surface area contributed by atoms with Crippen molar-refractivity contribution >= 4 is 29.3 Å². The Morgan fingerprint density at radius 3 is 1.62 bits per heavy atom. The number of hydrogen-bond acceptors (Lipinski definition) is 3. The Labute approximate surface area is 106 Å². The van der Waals surface area contributed by atoms with Crippen molar-refractivity contribution in [2.24, 2.45) is 0 Å². The van der Waals surface area contributed by atoms with Crippen molar-refractivity contribution in [3.8, 4) is 0 Å². The fourth-order valence-corrected chi connectivity index (χ4v) is 3.47. The maximum absolute atomic E-state index is 5.63. The summed E-state index contributed by atoms with van der Waals surface area (Å²) in [5.41, 5.74) is 6.94. The molecule has 0 N–H and O–H groups in total. The van der Waals surface area contributed by atoms with Gasteiger partial charge in [-0.2, -0.15) is 0 Å². The van der Waals surface area contributed by atoms with Crippen molar-refractivity contribution in [2.75, 3.05) is 0 Å². The normalized spacial score (nSPS) is 14.3. The van der Waals surface area contributed by atoms with E-state index in [1.165, 1.54) is 11.1 Å². The molecule has 0 bridgehead atoms. The summed E-state index contributed by atoms with van der Waals surface area (Å²) in [6.07, 6.45) is 0. The molecule has 0 unspecified atom stereocenters. The van der Waals surface area contributed by atoms with Gasteiger partial charge in [-0.3, -0.25) is 0 Å². The summed E-state index contributed by atoms with van der Waals surface area (Å²) in [5, 5.41) is 0.